The highest BCUT2D eigenvalue weighted by atomic mass is 35.5. The second kappa shape index (κ2) is 7.40. The van der Waals surface area contributed by atoms with Gasteiger partial charge in [-0.3, -0.25) is 4.90 Å². The van der Waals surface area contributed by atoms with Crippen molar-refractivity contribution in [2.75, 3.05) is 14.1 Å². The Balaban J connectivity index is 1.93. The number of hydrogen-bond acceptors (Lipinski definition) is 5. The fourth-order valence-corrected chi connectivity index (χ4v) is 3.87. The van der Waals surface area contributed by atoms with E-state index in [2.05, 4.69) is 32.4 Å². The molecule has 6 heteroatoms. The summed E-state index contributed by atoms with van der Waals surface area (Å²) in [6.45, 7) is 0. The summed E-state index contributed by atoms with van der Waals surface area (Å²) in [5, 5.41) is 13.0. The zero-order valence-corrected chi connectivity index (χ0v) is 15.0. The average molecular weight is 360 g/mol. The molecule has 1 N–H and O–H groups in total. The molecule has 0 aliphatic heterocycles. The number of rotatable bonds is 5. The van der Waals surface area contributed by atoms with E-state index in [0.717, 1.165) is 10.4 Å². The van der Waals surface area contributed by atoms with E-state index in [1.54, 1.807) is 6.20 Å². The van der Waals surface area contributed by atoms with Gasteiger partial charge in [0.2, 0.25) is 0 Å². The molecule has 0 aliphatic rings. The first kappa shape index (κ1) is 17.0. The lowest BCUT2D eigenvalue weighted by molar-refractivity contribution is 0.223. The van der Waals surface area contributed by atoms with Gasteiger partial charge in [0, 0.05) is 16.6 Å². The summed E-state index contributed by atoms with van der Waals surface area (Å²) in [5.74, 6) is 0. The third kappa shape index (κ3) is 3.49. The first-order chi connectivity index (χ1) is 11.6. The van der Waals surface area contributed by atoms with Crippen LogP contribution in [0.15, 0.2) is 54.3 Å². The lowest BCUT2D eigenvalue weighted by Crippen LogP contribution is -2.20. The fourth-order valence-electron chi connectivity index (χ4n) is 2.74. The maximum atomic E-state index is 10.6. The molecule has 0 unspecified atom stereocenters. The number of halogens is 1. The van der Waals surface area contributed by atoms with Crippen LogP contribution in [0.1, 0.15) is 33.7 Å². The summed E-state index contributed by atoms with van der Waals surface area (Å²) < 4.78 is 0. The molecule has 0 bridgehead atoms. The normalized spacial score (nSPS) is 13.9. The first-order valence-corrected chi connectivity index (χ1v) is 8.77. The number of aliphatic hydroxyl groups excluding tert-OH is 1. The predicted molar refractivity (Wildman–Crippen MR) is 97.4 cm³/mol. The number of aromatic nitrogens is 2. The molecule has 2 heterocycles. The van der Waals surface area contributed by atoms with Crippen LogP contribution in [0.4, 0.5) is 0 Å². The molecule has 2 aromatic heterocycles. The van der Waals surface area contributed by atoms with Crippen LogP contribution in [-0.4, -0.2) is 34.1 Å². The quantitative estimate of drug-likeness (QED) is 0.701. The van der Waals surface area contributed by atoms with Crippen LogP contribution in [0.25, 0.3) is 0 Å². The van der Waals surface area contributed by atoms with Crippen LogP contribution < -0.4 is 0 Å². The van der Waals surface area contributed by atoms with Crippen molar-refractivity contribution in [2.24, 2.45) is 0 Å². The van der Waals surface area contributed by atoms with E-state index in [0.29, 0.717) is 5.56 Å². The molecular formula is C18H18ClN3OS. The highest BCUT2D eigenvalue weighted by Gasteiger charge is 2.22. The van der Waals surface area contributed by atoms with Crippen molar-refractivity contribution in [2.45, 2.75) is 12.1 Å². The van der Waals surface area contributed by atoms with E-state index in [1.165, 1.54) is 23.2 Å². The second-order valence-corrected chi connectivity index (χ2v) is 7.03. The summed E-state index contributed by atoms with van der Waals surface area (Å²) in [6.07, 6.45) is 2.10. The summed E-state index contributed by atoms with van der Waals surface area (Å²) in [5.41, 5.74) is 2.87. The molecule has 124 valence electrons. The second-order valence-electron chi connectivity index (χ2n) is 5.73. The molecular weight excluding hydrogens is 342 g/mol. The minimum absolute atomic E-state index is 0.130. The Kier molecular flexibility index (Phi) is 5.26. The molecule has 0 saturated carbocycles. The van der Waals surface area contributed by atoms with E-state index >= 15 is 0 Å². The zero-order valence-electron chi connectivity index (χ0n) is 13.4. The zero-order chi connectivity index (χ0) is 17.1. The fraction of sp³-hybridized carbons (Fsp3) is 0.222. The van der Waals surface area contributed by atoms with Gasteiger partial charge in [-0.05, 0) is 36.7 Å². The monoisotopic (exact) mass is 359 g/mol. The molecule has 3 rings (SSSR count). The Morgan fingerprint density at radius 3 is 2.58 bits per heavy atom. The molecule has 0 spiro atoms. The highest BCUT2D eigenvalue weighted by Crippen LogP contribution is 2.35. The summed E-state index contributed by atoms with van der Waals surface area (Å²) in [7, 11) is 4.10. The molecule has 24 heavy (non-hydrogen) atoms. The smallest absolute Gasteiger partial charge is 0.138 e. The van der Waals surface area contributed by atoms with Crippen molar-refractivity contribution >= 4 is 22.9 Å². The third-order valence-corrected chi connectivity index (χ3v) is 5.16. The van der Waals surface area contributed by atoms with Gasteiger partial charge in [-0.25, -0.2) is 9.97 Å². The molecule has 1 aromatic carbocycles. The molecule has 0 fully saturated rings. The minimum atomic E-state index is -0.823. The van der Waals surface area contributed by atoms with Crippen molar-refractivity contribution < 1.29 is 5.11 Å². The van der Waals surface area contributed by atoms with Gasteiger partial charge >= 0.3 is 0 Å². The van der Waals surface area contributed by atoms with Gasteiger partial charge in [0.25, 0.3) is 0 Å². The Bertz CT molecular complexity index is 807. The van der Waals surface area contributed by atoms with Crippen molar-refractivity contribution in [3.8, 4) is 0 Å². The minimum Gasteiger partial charge on any atom is -0.383 e. The molecule has 3 aromatic rings. The van der Waals surface area contributed by atoms with Crippen LogP contribution in [-0.2, 0) is 0 Å². The maximum absolute atomic E-state index is 10.6. The van der Waals surface area contributed by atoms with Crippen molar-refractivity contribution in [1.29, 1.82) is 0 Å². The largest absolute Gasteiger partial charge is 0.383 e. The van der Waals surface area contributed by atoms with Gasteiger partial charge in [0.1, 0.15) is 17.6 Å². The predicted octanol–water partition coefficient (Wildman–Crippen LogP) is 3.92. The summed E-state index contributed by atoms with van der Waals surface area (Å²) in [6, 6.07) is 12.5. The van der Waals surface area contributed by atoms with Crippen LogP contribution in [0.5, 0.6) is 0 Å². The molecule has 0 aliphatic carbocycles. The number of aliphatic hydroxyl groups is 1. The highest BCUT2D eigenvalue weighted by molar-refractivity contribution is 7.10. The number of hydrogen-bond donors (Lipinski definition) is 1. The Morgan fingerprint density at radius 2 is 1.92 bits per heavy atom. The molecule has 0 saturated heterocycles. The standard InChI is InChI=1S/C18H18ClN3OS/c1-22(2)16(12-6-4-3-5-7-12)13-8-15(24-10-13)17(23)14-9-20-11-21-18(14)19/h3-11,16-17,23H,1-2H3/t16-,17-/m1/s1. The average Bonchev–Trinajstić information content (AvgIpc) is 3.05. The van der Waals surface area contributed by atoms with Gasteiger partial charge in [-0.1, -0.05) is 41.9 Å². The third-order valence-electron chi connectivity index (χ3n) is 3.84. The van der Waals surface area contributed by atoms with Gasteiger partial charge < -0.3 is 5.11 Å². The van der Waals surface area contributed by atoms with Crippen LogP contribution >= 0.6 is 22.9 Å². The van der Waals surface area contributed by atoms with E-state index in [-0.39, 0.29) is 11.2 Å². The SMILES string of the molecule is CN(C)[C@H](c1ccccc1)c1csc([C@H](O)c2cncnc2Cl)c1. The van der Waals surface area contributed by atoms with E-state index in [4.69, 9.17) is 11.6 Å². The Labute approximate surface area is 150 Å². The van der Waals surface area contributed by atoms with Crippen LogP contribution in [0.3, 0.4) is 0 Å². The lowest BCUT2D eigenvalue weighted by atomic mass is 9.99. The van der Waals surface area contributed by atoms with E-state index < -0.39 is 6.10 Å². The number of benzene rings is 1. The van der Waals surface area contributed by atoms with Crippen molar-refractivity contribution in [1.82, 2.24) is 14.9 Å². The van der Waals surface area contributed by atoms with E-state index in [9.17, 15) is 5.11 Å². The number of nitrogens with zero attached hydrogens (tertiary/aromatic N) is 3. The first-order valence-electron chi connectivity index (χ1n) is 7.51. The van der Waals surface area contributed by atoms with Gasteiger partial charge in [0.15, 0.2) is 0 Å². The number of thiophene rings is 1. The van der Waals surface area contributed by atoms with Gasteiger partial charge in [-0.15, -0.1) is 11.3 Å². The molecule has 4 nitrogen and oxygen atoms in total. The lowest BCUT2D eigenvalue weighted by Gasteiger charge is -2.24. The van der Waals surface area contributed by atoms with Crippen molar-refractivity contribution in [3.63, 3.8) is 0 Å². The topological polar surface area (TPSA) is 49.2 Å². The van der Waals surface area contributed by atoms with Crippen LogP contribution in [0, 0.1) is 0 Å². The van der Waals surface area contributed by atoms with Gasteiger partial charge in [-0.2, -0.15) is 0 Å². The summed E-state index contributed by atoms with van der Waals surface area (Å²) >= 11 is 7.58. The maximum Gasteiger partial charge on any atom is 0.138 e. The van der Waals surface area contributed by atoms with Crippen LogP contribution in [0.2, 0.25) is 5.15 Å². The molecule has 0 radical (unpaired) electrons. The van der Waals surface area contributed by atoms with Crippen molar-refractivity contribution in [3.05, 3.63) is 81.0 Å². The summed E-state index contributed by atoms with van der Waals surface area (Å²) in [4.78, 5) is 10.9. The van der Waals surface area contributed by atoms with Gasteiger partial charge in [0.05, 0.1) is 6.04 Å². The van der Waals surface area contributed by atoms with E-state index in [1.807, 2.05) is 38.4 Å². The molecule has 2 atom stereocenters. The Hall–Kier alpha value is -1.79. The Morgan fingerprint density at radius 1 is 1.17 bits per heavy atom. The molecule has 0 amide bonds.